The van der Waals surface area contributed by atoms with Crippen LogP contribution in [-0.2, 0) is 15.3 Å². The maximum absolute atomic E-state index is 11.5. The first-order chi connectivity index (χ1) is 5.99. The summed E-state index contributed by atoms with van der Waals surface area (Å²) in [4.78, 5) is 0.706. The van der Waals surface area contributed by atoms with Crippen molar-refractivity contribution in [2.24, 2.45) is 0 Å². The molecule has 0 aromatic heterocycles. The number of hydrogen-bond acceptors (Lipinski definition) is 2. The predicted molar refractivity (Wildman–Crippen MR) is 59.4 cm³/mol. The Kier molecular flexibility index (Phi) is 6.17. The van der Waals surface area contributed by atoms with Gasteiger partial charge < -0.3 is 0 Å². The van der Waals surface area contributed by atoms with Crippen molar-refractivity contribution in [3.8, 4) is 0 Å². The first kappa shape index (κ1) is 14.3. The number of rotatable bonds is 2. The van der Waals surface area contributed by atoms with Crippen molar-refractivity contribution >= 4 is 40.6 Å². The fraction of sp³-hybridized carbons (Fsp3) is 0.400. The fourth-order valence-electron chi connectivity index (χ4n) is 0.807. The second-order valence-corrected chi connectivity index (χ2v) is 4.85. The molecule has 1 rings (SSSR count). The van der Waals surface area contributed by atoms with Gasteiger partial charge in [-0.05, 0) is 32.9 Å². The van der Waals surface area contributed by atoms with Crippen LogP contribution < -0.4 is 0 Å². The van der Waals surface area contributed by atoms with Crippen LogP contribution in [-0.4, -0.2) is 39.4 Å². The molecule has 0 aliphatic rings. The largest absolute Gasteiger partial charge is 0.281 e. The summed E-state index contributed by atoms with van der Waals surface area (Å²) in [6, 6.07) is 9.17. The molecule has 0 saturated carbocycles. The van der Waals surface area contributed by atoms with Gasteiger partial charge in [0, 0.05) is 29.6 Å². The van der Waals surface area contributed by atoms with Crippen molar-refractivity contribution in [3.05, 3.63) is 30.3 Å². The molecule has 1 aromatic rings. The van der Waals surface area contributed by atoms with Crippen molar-refractivity contribution < 1.29 is 8.39 Å². The molecule has 4 heteroatoms. The van der Waals surface area contributed by atoms with Gasteiger partial charge in [0.25, 0.3) is 0 Å². The van der Waals surface area contributed by atoms with Gasteiger partial charge in [0.1, 0.15) is 0 Å². The molecule has 0 heterocycles. The Morgan fingerprint density at radius 1 is 1.14 bits per heavy atom. The van der Waals surface area contributed by atoms with E-state index in [-0.39, 0.29) is 35.2 Å². The molecule has 0 aliphatic heterocycles. The Morgan fingerprint density at radius 3 is 2.07 bits per heavy atom. The molecule has 0 fully saturated rings. The van der Waals surface area contributed by atoms with Crippen LogP contribution in [0.25, 0.3) is 0 Å². The van der Waals surface area contributed by atoms with Crippen molar-refractivity contribution in [2.75, 3.05) is 0 Å². The molecule has 0 amide bonds. The van der Waals surface area contributed by atoms with E-state index in [9.17, 15) is 4.21 Å². The van der Waals surface area contributed by atoms with Crippen molar-refractivity contribution in [1.29, 1.82) is 0 Å². The van der Waals surface area contributed by atoms with E-state index in [2.05, 4.69) is 0 Å². The first-order valence-electron chi connectivity index (χ1n) is 4.15. The molecule has 2 nitrogen and oxygen atoms in total. The predicted octanol–water partition coefficient (Wildman–Crippen LogP) is 2.14. The molecule has 14 heavy (non-hydrogen) atoms. The van der Waals surface area contributed by atoms with Crippen LogP contribution in [0.2, 0.25) is 0 Å². The third kappa shape index (κ3) is 5.27. The topological polar surface area (TPSA) is 26.3 Å². The van der Waals surface area contributed by atoms with Crippen molar-refractivity contribution in [2.45, 2.75) is 31.3 Å². The van der Waals surface area contributed by atoms with E-state index in [4.69, 9.17) is 4.18 Å². The van der Waals surface area contributed by atoms with Crippen LogP contribution in [0.15, 0.2) is 35.2 Å². The molecule has 1 atom stereocenters. The van der Waals surface area contributed by atoms with E-state index in [0.29, 0.717) is 4.90 Å². The van der Waals surface area contributed by atoms with E-state index in [0.717, 1.165) is 0 Å². The van der Waals surface area contributed by atoms with Gasteiger partial charge in [-0.1, -0.05) is 18.2 Å². The minimum atomic E-state index is -1.35. The Bertz CT molecular complexity index is 293. The van der Waals surface area contributed by atoms with Gasteiger partial charge in [0.15, 0.2) is 11.1 Å². The summed E-state index contributed by atoms with van der Waals surface area (Å²) in [5.41, 5.74) is -0.374. The van der Waals surface area contributed by atoms with E-state index in [1.54, 1.807) is 12.1 Å². The molecule has 0 N–H and O–H groups in total. The quantitative estimate of drug-likeness (QED) is 0.715. The van der Waals surface area contributed by atoms with Crippen LogP contribution in [0.4, 0.5) is 0 Å². The Hall–Kier alpha value is 0.330. The maximum atomic E-state index is 11.5. The zero-order valence-electron chi connectivity index (χ0n) is 9.11. The van der Waals surface area contributed by atoms with Gasteiger partial charge in [0.05, 0.1) is 10.5 Å². The minimum Gasteiger partial charge on any atom is -0.281 e. The SMILES string of the molecule is CC(C)(C)OS(=O)c1ccccc1.[Na]. The van der Waals surface area contributed by atoms with Gasteiger partial charge in [-0.15, -0.1) is 0 Å². The molecule has 0 aliphatic carbocycles. The van der Waals surface area contributed by atoms with Crippen LogP contribution in [0.1, 0.15) is 20.8 Å². The average molecular weight is 221 g/mol. The Morgan fingerprint density at radius 2 is 1.64 bits per heavy atom. The van der Waals surface area contributed by atoms with Gasteiger partial charge in [-0.3, -0.25) is 4.18 Å². The number of benzene rings is 1. The molecule has 1 radical (unpaired) electrons. The molecular weight excluding hydrogens is 207 g/mol. The molecular formula is C10H14NaO2S. The summed E-state index contributed by atoms with van der Waals surface area (Å²) >= 11 is -1.35. The molecule has 0 bridgehead atoms. The van der Waals surface area contributed by atoms with Crippen LogP contribution in [0.5, 0.6) is 0 Å². The first-order valence-corrected chi connectivity index (χ1v) is 5.23. The second-order valence-electron chi connectivity index (χ2n) is 3.74. The normalized spacial score (nSPS) is 13.1. The smallest absolute Gasteiger partial charge is 0.189 e. The van der Waals surface area contributed by atoms with E-state index in [1.165, 1.54) is 0 Å². The third-order valence-electron chi connectivity index (χ3n) is 1.26. The second kappa shape index (κ2) is 6.03. The molecule has 0 saturated heterocycles. The van der Waals surface area contributed by atoms with E-state index >= 15 is 0 Å². The third-order valence-corrected chi connectivity index (χ3v) is 2.57. The molecule has 1 unspecified atom stereocenters. The fourth-order valence-corrected chi connectivity index (χ4v) is 1.74. The molecule has 73 valence electrons. The number of hydrogen-bond donors (Lipinski definition) is 0. The summed E-state index contributed by atoms with van der Waals surface area (Å²) in [6.07, 6.45) is 0. The zero-order chi connectivity index (χ0) is 9.90. The molecule has 0 spiro atoms. The Balaban J connectivity index is 0.00000169. The van der Waals surface area contributed by atoms with Gasteiger partial charge in [0.2, 0.25) is 0 Å². The maximum Gasteiger partial charge on any atom is 0.189 e. The van der Waals surface area contributed by atoms with Gasteiger partial charge in [-0.25, -0.2) is 4.21 Å². The van der Waals surface area contributed by atoms with Crippen LogP contribution in [0, 0.1) is 0 Å². The van der Waals surface area contributed by atoms with Crippen molar-refractivity contribution in [1.82, 2.24) is 0 Å². The standard InChI is InChI=1S/C10H14O2S.Na/c1-10(2,3)12-13(11)9-7-5-4-6-8-9;/h4-8H,1-3H3;. The summed E-state index contributed by atoms with van der Waals surface area (Å²) in [7, 11) is 0. The van der Waals surface area contributed by atoms with E-state index in [1.807, 2.05) is 39.0 Å². The monoisotopic (exact) mass is 221 g/mol. The summed E-state index contributed by atoms with van der Waals surface area (Å²) in [5.74, 6) is 0. The molecule has 1 aromatic carbocycles. The summed E-state index contributed by atoms with van der Waals surface area (Å²) < 4.78 is 16.8. The van der Waals surface area contributed by atoms with Crippen LogP contribution >= 0.6 is 0 Å². The van der Waals surface area contributed by atoms with Gasteiger partial charge >= 0.3 is 0 Å². The van der Waals surface area contributed by atoms with Crippen LogP contribution in [0.3, 0.4) is 0 Å². The van der Waals surface area contributed by atoms with E-state index < -0.39 is 11.1 Å². The van der Waals surface area contributed by atoms with Crippen molar-refractivity contribution in [3.63, 3.8) is 0 Å². The summed E-state index contributed by atoms with van der Waals surface area (Å²) in [5, 5.41) is 0. The van der Waals surface area contributed by atoms with Gasteiger partial charge in [-0.2, -0.15) is 0 Å². The minimum absolute atomic E-state index is 0. The zero-order valence-corrected chi connectivity index (χ0v) is 11.9. The Labute approximate surface area is 110 Å². The summed E-state index contributed by atoms with van der Waals surface area (Å²) in [6.45, 7) is 5.65. The average Bonchev–Trinajstić information content (AvgIpc) is 2.03.